The van der Waals surface area contributed by atoms with Crippen LogP contribution in [-0.2, 0) is 9.63 Å². The summed E-state index contributed by atoms with van der Waals surface area (Å²) in [7, 11) is 0. The topological polar surface area (TPSA) is 38.7 Å². The van der Waals surface area contributed by atoms with Gasteiger partial charge in [-0.25, -0.2) is 4.79 Å². The molecule has 0 spiro atoms. The van der Waals surface area contributed by atoms with Gasteiger partial charge in [0, 0.05) is 0 Å². The van der Waals surface area contributed by atoms with Crippen LogP contribution in [0, 0.1) is 5.92 Å². The second kappa shape index (κ2) is 5.78. The van der Waals surface area contributed by atoms with Gasteiger partial charge in [0.2, 0.25) is 0 Å². The molecule has 0 unspecified atom stereocenters. The van der Waals surface area contributed by atoms with Crippen LogP contribution in [0.15, 0.2) is 5.16 Å². The summed E-state index contributed by atoms with van der Waals surface area (Å²) in [6.45, 7) is 3.99. The third-order valence-electron chi connectivity index (χ3n) is 2.28. The van der Waals surface area contributed by atoms with Gasteiger partial charge in [0.15, 0.2) is 0 Å². The number of rotatable bonds is 3. The standard InChI is InChI=1S/C11H19NO2/c1-9(2)8-11(13)14-12-10-6-4-3-5-7-10/h9H,3-8H2,1-2H3. The second-order valence-electron chi connectivity index (χ2n) is 4.28. The van der Waals surface area contributed by atoms with E-state index in [9.17, 15) is 4.79 Å². The molecule has 1 aliphatic rings. The van der Waals surface area contributed by atoms with Gasteiger partial charge in [0.25, 0.3) is 0 Å². The largest absolute Gasteiger partial charge is 0.335 e. The minimum atomic E-state index is -0.210. The van der Waals surface area contributed by atoms with Gasteiger partial charge in [0.05, 0.1) is 12.1 Å². The first-order valence-electron chi connectivity index (χ1n) is 5.44. The molecule has 0 aromatic carbocycles. The smallest absolute Gasteiger partial charge is 0.318 e. The molecule has 0 aromatic heterocycles. The van der Waals surface area contributed by atoms with Gasteiger partial charge in [-0.1, -0.05) is 25.4 Å². The average molecular weight is 197 g/mol. The molecule has 1 rings (SSSR count). The van der Waals surface area contributed by atoms with Gasteiger partial charge in [0.1, 0.15) is 0 Å². The second-order valence-corrected chi connectivity index (χ2v) is 4.28. The van der Waals surface area contributed by atoms with E-state index >= 15 is 0 Å². The highest BCUT2D eigenvalue weighted by atomic mass is 16.7. The average Bonchev–Trinajstić information content (AvgIpc) is 2.15. The van der Waals surface area contributed by atoms with Crippen LogP contribution in [0.4, 0.5) is 0 Å². The fourth-order valence-electron chi connectivity index (χ4n) is 1.54. The van der Waals surface area contributed by atoms with Crippen molar-refractivity contribution in [3.8, 4) is 0 Å². The van der Waals surface area contributed by atoms with E-state index in [1.165, 1.54) is 19.3 Å². The molecule has 0 atom stereocenters. The molecule has 3 heteroatoms. The van der Waals surface area contributed by atoms with Crippen LogP contribution in [0.3, 0.4) is 0 Å². The number of oxime groups is 1. The van der Waals surface area contributed by atoms with Gasteiger partial charge in [-0.2, -0.15) is 0 Å². The molecule has 14 heavy (non-hydrogen) atoms. The highest BCUT2D eigenvalue weighted by molar-refractivity contribution is 5.85. The lowest BCUT2D eigenvalue weighted by atomic mass is 9.99. The Morgan fingerprint density at radius 2 is 2.00 bits per heavy atom. The third-order valence-corrected chi connectivity index (χ3v) is 2.28. The minimum Gasteiger partial charge on any atom is -0.318 e. The van der Waals surface area contributed by atoms with Crippen molar-refractivity contribution in [2.75, 3.05) is 0 Å². The Morgan fingerprint density at radius 3 is 2.57 bits per heavy atom. The van der Waals surface area contributed by atoms with E-state index in [0.717, 1.165) is 18.6 Å². The van der Waals surface area contributed by atoms with Gasteiger partial charge in [-0.3, -0.25) is 0 Å². The van der Waals surface area contributed by atoms with Crippen LogP contribution in [0.2, 0.25) is 0 Å². The molecule has 80 valence electrons. The van der Waals surface area contributed by atoms with Crippen molar-refractivity contribution in [1.29, 1.82) is 0 Å². The zero-order chi connectivity index (χ0) is 10.4. The van der Waals surface area contributed by atoms with Gasteiger partial charge in [-0.05, 0) is 31.6 Å². The van der Waals surface area contributed by atoms with Crippen LogP contribution >= 0.6 is 0 Å². The first-order chi connectivity index (χ1) is 6.68. The monoisotopic (exact) mass is 197 g/mol. The molecule has 0 radical (unpaired) electrons. The first-order valence-corrected chi connectivity index (χ1v) is 5.44. The molecule has 3 nitrogen and oxygen atoms in total. The van der Waals surface area contributed by atoms with Crippen molar-refractivity contribution in [1.82, 2.24) is 0 Å². The van der Waals surface area contributed by atoms with E-state index in [4.69, 9.17) is 4.84 Å². The van der Waals surface area contributed by atoms with Gasteiger partial charge in [-0.15, -0.1) is 0 Å². The van der Waals surface area contributed by atoms with Gasteiger partial charge < -0.3 is 4.84 Å². The Labute approximate surface area is 85.5 Å². The van der Waals surface area contributed by atoms with E-state index in [1.807, 2.05) is 13.8 Å². The van der Waals surface area contributed by atoms with E-state index in [1.54, 1.807) is 0 Å². The number of carbonyl (C=O) groups is 1. The van der Waals surface area contributed by atoms with Crippen LogP contribution < -0.4 is 0 Å². The van der Waals surface area contributed by atoms with E-state index in [0.29, 0.717) is 12.3 Å². The molecule has 0 saturated heterocycles. The van der Waals surface area contributed by atoms with Crippen molar-refractivity contribution in [3.05, 3.63) is 0 Å². The Balaban J connectivity index is 2.26. The van der Waals surface area contributed by atoms with E-state index in [2.05, 4.69) is 5.16 Å². The Kier molecular flexibility index (Phi) is 4.63. The zero-order valence-electron chi connectivity index (χ0n) is 9.08. The normalized spacial score (nSPS) is 16.9. The van der Waals surface area contributed by atoms with Gasteiger partial charge >= 0.3 is 5.97 Å². The van der Waals surface area contributed by atoms with Crippen LogP contribution in [0.25, 0.3) is 0 Å². The summed E-state index contributed by atoms with van der Waals surface area (Å²) in [6, 6.07) is 0. The Morgan fingerprint density at radius 1 is 1.36 bits per heavy atom. The Bertz CT molecular complexity index is 213. The molecule has 0 N–H and O–H groups in total. The maximum Gasteiger partial charge on any atom is 0.335 e. The molecular weight excluding hydrogens is 178 g/mol. The number of hydrogen-bond acceptors (Lipinski definition) is 3. The summed E-state index contributed by atoms with van der Waals surface area (Å²) < 4.78 is 0. The summed E-state index contributed by atoms with van der Waals surface area (Å²) >= 11 is 0. The first kappa shape index (κ1) is 11.2. The van der Waals surface area contributed by atoms with E-state index < -0.39 is 0 Å². The summed E-state index contributed by atoms with van der Waals surface area (Å²) in [4.78, 5) is 16.0. The van der Waals surface area contributed by atoms with Crippen LogP contribution in [0.5, 0.6) is 0 Å². The summed E-state index contributed by atoms with van der Waals surface area (Å²) in [5.74, 6) is 0.132. The van der Waals surface area contributed by atoms with Crippen molar-refractivity contribution < 1.29 is 9.63 Å². The van der Waals surface area contributed by atoms with Crippen LogP contribution in [-0.4, -0.2) is 11.7 Å². The van der Waals surface area contributed by atoms with Crippen molar-refractivity contribution in [2.24, 2.45) is 11.1 Å². The molecule has 1 saturated carbocycles. The van der Waals surface area contributed by atoms with Crippen molar-refractivity contribution >= 4 is 11.7 Å². The molecule has 0 bridgehead atoms. The lowest BCUT2D eigenvalue weighted by Gasteiger charge is -2.11. The van der Waals surface area contributed by atoms with Crippen molar-refractivity contribution in [2.45, 2.75) is 52.4 Å². The molecular formula is C11H19NO2. The third kappa shape index (κ3) is 4.40. The molecule has 0 amide bonds. The number of hydrogen-bond donors (Lipinski definition) is 0. The fourth-order valence-corrected chi connectivity index (χ4v) is 1.54. The zero-order valence-corrected chi connectivity index (χ0v) is 9.08. The number of carbonyl (C=O) groups excluding carboxylic acids is 1. The maximum absolute atomic E-state index is 11.2. The lowest BCUT2D eigenvalue weighted by Crippen LogP contribution is -2.09. The summed E-state index contributed by atoms with van der Waals surface area (Å²) in [5, 5.41) is 3.90. The van der Waals surface area contributed by atoms with Crippen molar-refractivity contribution in [3.63, 3.8) is 0 Å². The predicted octanol–water partition coefficient (Wildman–Crippen LogP) is 2.90. The summed E-state index contributed by atoms with van der Waals surface area (Å²) in [5.41, 5.74) is 1.05. The Hall–Kier alpha value is -0.860. The molecule has 1 fully saturated rings. The van der Waals surface area contributed by atoms with Crippen LogP contribution in [0.1, 0.15) is 52.4 Å². The minimum absolute atomic E-state index is 0.210. The number of nitrogens with zero attached hydrogens (tertiary/aromatic N) is 1. The fraction of sp³-hybridized carbons (Fsp3) is 0.818. The quantitative estimate of drug-likeness (QED) is 0.515. The molecule has 0 aromatic rings. The van der Waals surface area contributed by atoms with E-state index in [-0.39, 0.29) is 5.97 Å². The molecule has 1 aliphatic carbocycles. The SMILES string of the molecule is CC(C)CC(=O)ON=C1CCCCC1. The molecule has 0 heterocycles. The lowest BCUT2D eigenvalue weighted by molar-refractivity contribution is -0.144. The predicted molar refractivity (Wildman–Crippen MR) is 56.1 cm³/mol. The molecule has 0 aliphatic heterocycles. The highest BCUT2D eigenvalue weighted by Crippen LogP contribution is 2.15. The highest BCUT2D eigenvalue weighted by Gasteiger charge is 2.09. The summed E-state index contributed by atoms with van der Waals surface area (Å²) in [6.07, 6.45) is 6.08. The maximum atomic E-state index is 11.2.